The molecule has 0 spiro atoms. The number of rotatable bonds is 6. The number of imidazole rings is 1. The van der Waals surface area contributed by atoms with E-state index in [1.165, 1.54) is 16.5 Å². The average molecular weight is 629 g/mol. The van der Waals surface area contributed by atoms with Crippen LogP contribution in [0.5, 0.6) is 0 Å². The first-order chi connectivity index (χ1) is 19.2. The molecule has 4 rings (SSSR count). The molecule has 0 atom stereocenters. The van der Waals surface area contributed by atoms with Crippen molar-refractivity contribution in [2.45, 2.75) is 31.3 Å². The first-order valence-electron chi connectivity index (χ1n) is 12.0. The second-order valence-corrected chi connectivity index (χ2v) is 10.6. The van der Waals surface area contributed by atoms with Crippen molar-refractivity contribution in [1.82, 2.24) is 4.57 Å². The lowest BCUT2D eigenvalue weighted by Crippen LogP contribution is -2.35. The zero-order valence-electron chi connectivity index (χ0n) is 21.6. The van der Waals surface area contributed by atoms with E-state index in [0.717, 1.165) is 47.1 Å². The Hall–Kier alpha value is -3.73. The smallest absolute Gasteiger partial charge is 0.416 e. The molecule has 17 heteroatoms. The molecular formula is C25H21F9N4O3S. The van der Waals surface area contributed by atoms with Crippen LogP contribution >= 0.6 is 0 Å². The summed E-state index contributed by atoms with van der Waals surface area (Å²) in [5.74, 6) is -1.52. The predicted molar refractivity (Wildman–Crippen MR) is 133 cm³/mol. The summed E-state index contributed by atoms with van der Waals surface area (Å²) >= 11 is 0. The van der Waals surface area contributed by atoms with Gasteiger partial charge in [0.05, 0.1) is 29.5 Å². The zero-order chi connectivity index (χ0) is 31.4. The van der Waals surface area contributed by atoms with Crippen molar-refractivity contribution in [2.24, 2.45) is 7.05 Å². The Labute approximate surface area is 233 Å². The Morgan fingerprint density at radius 2 is 1.48 bits per heavy atom. The normalized spacial score (nSPS) is 16.0. The van der Waals surface area contributed by atoms with Gasteiger partial charge in [-0.1, -0.05) is 6.08 Å². The van der Waals surface area contributed by atoms with Crippen LogP contribution in [0.25, 0.3) is 17.1 Å². The molecule has 0 bridgehead atoms. The molecule has 0 unspecified atom stereocenters. The van der Waals surface area contributed by atoms with Crippen molar-refractivity contribution >= 4 is 38.6 Å². The second-order valence-electron chi connectivity index (χ2n) is 9.26. The monoisotopic (exact) mass is 628 g/mol. The number of aromatic nitrogens is 2. The number of halogens is 9. The van der Waals surface area contributed by atoms with Crippen LogP contribution in [-0.2, 0) is 35.4 Å². The molecule has 0 aliphatic carbocycles. The van der Waals surface area contributed by atoms with Gasteiger partial charge in [-0.15, -0.1) is 0 Å². The molecule has 1 aliphatic heterocycles. The van der Waals surface area contributed by atoms with Gasteiger partial charge in [0.1, 0.15) is 22.5 Å². The number of fused-ring (bicyclic) bond motifs is 2. The van der Waals surface area contributed by atoms with Gasteiger partial charge in [-0.25, -0.2) is 17.6 Å². The van der Waals surface area contributed by atoms with Crippen LogP contribution in [0.1, 0.15) is 23.9 Å². The van der Waals surface area contributed by atoms with Gasteiger partial charge in [0, 0.05) is 18.7 Å². The fraction of sp³-hybridized carbons (Fsp3) is 0.320. The lowest BCUT2D eigenvalue weighted by Gasteiger charge is -2.25. The van der Waals surface area contributed by atoms with E-state index in [9.17, 15) is 52.5 Å². The third-order valence-electron chi connectivity index (χ3n) is 6.44. The number of nitrogens with zero attached hydrogens (tertiary/aromatic N) is 4. The van der Waals surface area contributed by atoms with E-state index in [1.54, 1.807) is 6.92 Å². The largest absolute Gasteiger partial charge is 0.745 e. The molecule has 42 heavy (non-hydrogen) atoms. The van der Waals surface area contributed by atoms with Crippen LogP contribution in [0.4, 0.5) is 50.9 Å². The molecule has 0 N–H and O–H groups in total. The molecule has 0 saturated carbocycles. The number of hydrogen-bond donors (Lipinski definition) is 0. The number of allylic oxidation sites excluding steroid dienone is 2. The number of alkyl halides is 9. The first-order valence-corrected chi connectivity index (χ1v) is 13.5. The van der Waals surface area contributed by atoms with E-state index < -0.39 is 52.2 Å². The van der Waals surface area contributed by atoms with Gasteiger partial charge in [-0.05, 0) is 43.3 Å². The van der Waals surface area contributed by atoms with Crippen molar-refractivity contribution in [2.75, 3.05) is 22.9 Å². The topological polar surface area (TPSA) is 72.5 Å². The summed E-state index contributed by atoms with van der Waals surface area (Å²) in [6.45, 7) is -0.0272. The van der Waals surface area contributed by atoms with Crippen molar-refractivity contribution < 1.29 is 57.1 Å². The van der Waals surface area contributed by atoms with E-state index in [2.05, 4.69) is 0 Å². The predicted octanol–water partition coefficient (Wildman–Crippen LogP) is 5.77. The highest BCUT2D eigenvalue weighted by Gasteiger charge is 2.41. The summed E-state index contributed by atoms with van der Waals surface area (Å²) < 4.78 is 158. The summed E-state index contributed by atoms with van der Waals surface area (Å²) in [5, 5.41) is 0. The van der Waals surface area contributed by atoms with Gasteiger partial charge in [0.25, 0.3) is 5.82 Å². The minimum absolute atomic E-state index is 0.0507. The molecule has 2 heterocycles. The van der Waals surface area contributed by atoms with E-state index in [-0.39, 0.29) is 40.6 Å². The van der Waals surface area contributed by atoms with Crippen molar-refractivity contribution in [3.8, 4) is 0 Å². The van der Waals surface area contributed by atoms with Crippen molar-refractivity contribution in [3.63, 3.8) is 0 Å². The van der Waals surface area contributed by atoms with Gasteiger partial charge in [-0.3, -0.25) is 0 Å². The highest BCUT2D eigenvalue weighted by molar-refractivity contribution is 7.84. The maximum Gasteiger partial charge on any atom is 0.416 e. The first kappa shape index (κ1) is 31.2. The molecule has 0 fully saturated rings. The van der Waals surface area contributed by atoms with Gasteiger partial charge in [0.2, 0.25) is 0 Å². The van der Waals surface area contributed by atoms with Gasteiger partial charge < -0.3 is 14.4 Å². The standard InChI is InChI=1S/C25H21F9N4O3S/c1-3-36-18-10-8-16(25(32,33)34)12-20(18)37(13-23(26,27)28)22(36)6-4-5-21-35(2)17-9-7-15(24(29,30)31)11-19(17)38(21)14-42(39,40)41/h4-12H,3,13-14H2,1-2H3. The molecule has 228 valence electrons. The van der Waals surface area contributed by atoms with Crippen molar-refractivity contribution in [3.05, 3.63) is 71.3 Å². The average Bonchev–Trinajstić information content (AvgIpc) is 3.26. The third kappa shape index (κ3) is 6.35. The van der Waals surface area contributed by atoms with E-state index in [4.69, 9.17) is 0 Å². The summed E-state index contributed by atoms with van der Waals surface area (Å²) in [6, 6.07) is 4.87. The molecule has 0 radical (unpaired) electrons. The summed E-state index contributed by atoms with van der Waals surface area (Å²) in [6.07, 6.45) is -11.0. The maximum atomic E-state index is 13.5. The van der Waals surface area contributed by atoms with Gasteiger partial charge >= 0.3 is 18.5 Å². The summed E-state index contributed by atoms with van der Waals surface area (Å²) in [5.41, 5.74) is -2.68. The third-order valence-corrected chi connectivity index (χ3v) is 7.02. The molecule has 3 aromatic rings. The lowest BCUT2D eigenvalue weighted by atomic mass is 10.1. The molecule has 2 aromatic carbocycles. The van der Waals surface area contributed by atoms with Crippen LogP contribution < -0.4 is 14.4 Å². The Bertz CT molecular complexity index is 1690. The van der Waals surface area contributed by atoms with E-state index in [1.807, 2.05) is 0 Å². The van der Waals surface area contributed by atoms with Crippen LogP contribution in [0, 0.1) is 0 Å². The molecule has 0 amide bonds. The Kier molecular flexibility index (Phi) is 7.82. The fourth-order valence-electron chi connectivity index (χ4n) is 4.74. The summed E-state index contributed by atoms with van der Waals surface area (Å²) in [4.78, 5) is 1.98. The molecule has 0 saturated heterocycles. The van der Waals surface area contributed by atoms with Crippen LogP contribution in [-0.4, -0.2) is 36.8 Å². The number of aryl methyl sites for hydroxylation is 1. The van der Waals surface area contributed by atoms with Crippen LogP contribution in [0.3, 0.4) is 0 Å². The fourth-order valence-corrected chi connectivity index (χ4v) is 5.33. The lowest BCUT2D eigenvalue weighted by molar-refractivity contribution is -0.647. The van der Waals surface area contributed by atoms with Crippen LogP contribution in [0.15, 0.2) is 54.4 Å². The molecule has 1 aromatic heterocycles. The van der Waals surface area contributed by atoms with Gasteiger partial charge in [0.15, 0.2) is 16.9 Å². The number of anilines is 2. The van der Waals surface area contributed by atoms with E-state index >= 15 is 0 Å². The molecule has 1 aliphatic rings. The Balaban J connectivity index is 1.86. The van der Waals surface area contributed by atoms with E-state index in [0.29, 0.717) is 17.0 Å². The molecular weight excluding hydrogens is 607 g/mol. The highest BCUT2D eigenvalue weighted by Crippen LogP contribution is 2.45. The SMILES string of the molecule is CCN1/C(=C\C=C\c2n(CS(=O)(=O)[O-])c3cc(C(F)(F)F)ccc3[n+]2C)N(CC(F)(F)F)c2cc(C(F)(F)F)ccc21. The number of hydrogen-bond acceptors (Lipinski definition) is 5. The number of benzene rings is 2. The quantitative estimate of drug-likeness (QED) is 0.197. The minimum atomic E-state index is -5.03. The highest BCUT2D eigenvalue weighted by atomic mass is 32.2. The molecule has 7 nitrogen and oxygen atoms in total. The Morgan fingerprint density at radius 3 is 2.02 bits per heavy atom. The van der Waals surface area contributed by atoms with Gasteiger partial charge in [-0.2, -0.15) is 39.5 Å². The summed E-state index contributed by atoms with van der Waals surface area (Å²) in [7, 11) is -3.66. The van der Waals surface area contributed by atoms with Crippen molar-refractivity contribution in [1.29, 1.82) is 0 Å². The minimum Gasteiger partial charge on any atom is -0.745 e. The Morgan fingerprint density at radius 1 is 0.881 bits per heavy atom. The maximum absolute atomic E-state index is 13.5. The second kappa shape index (κ2) is 10.5. The van der Waals surface area contributed by atoms with Crippen LogP contribution in [0.2, 0.25) is 0 Å². The zero-order valence-corrected chi connectivity index (χ0v) is 22.5.